The monoisotopic (exact) mass is 342 g/mol. The summed E-state index contributed by atoms with van der Waals surface area (Å²) in [4.78, 5) is 11.6. The first-order valence-corrected chi connectivity index (χ1v) is 6.49. The Morgan fingerprint density at radius 3 is 2.67 bits per heavy atom. The molecule has 0 aromatic heterocycles. The van der Waals surface area contributed by atoms with Crippen molar-refractivity contribution in [3.63, 3.8) is 0 Å². The largest absolute Gasteiger partial charge is 0.462 e. The second-order valence-electron chi connectivity index (χ2n) is 3.17. The highest BCUT2D eigenvalue weighted by Gasteiger charge is 2.19. The second kappa shape index (κ2) is 6.89. The Bertz CT molecular complexity index is 441. The number of benzene rings is 1. The van der Waals surface area contributed by atoms with Gasteiger partial charge in [0.05, 0.1) is 6.61 Å². The minimum Gasteiger partial charge on any atom is -0.462 e. The Morgan fingerprint density at radius 2 is 2.17 bits per heavy atom. The molecule has 100 valence electrons. The quantitative estimate of drug-likeness (QED) is 0.598. The van der Waals surface area contributed by atoms with Gasteiger partial charge in [0.1, 0.15) is 11.3 Å². The van der Waals surface area contributed by atoms with Gasteiger partial charge in [0.25, 0.3) is 0 Å². The summed E-state index contributed by atoms with van der Waals surface area (Å²) < 4.78 is 33.5. The predicted octanol–water partition coefficient (Wildman–Crippen LogP) is 4.01. The SMILES string of the molecule is CCOC(=O)c1cc(CBr)c(Cl)cc1OC(F)F. The van der Waals surface area contributed by atoms with Gasteiger partial charge in [-0.2, -0.15) is 8.78 Å². The molecule has 0 amide bonds. The fraction of sp³-hybridized carbons (Fsp3) is 0.364. The Labute approximate surface area is 116 Å². The molecule has 0 saturated carbocycles. The van der Waals surface area contributed by atoms with Gasteiger partial charge < -0.3 is 9.47 Å². The summed E-state index contributed by atoms with van der Waals surface area (Å²) in [6.07, 6.45) is 0. The zero-order valence-corrected chi connectivity index (χ0v) is 11.7. The van der Waals surface area contributed by atoms with Gasteiger partial charge in [0, 0.05) is 16.4 Å². The van der Waals surface area contributed by atoms with Crippen molar-refractivity contribution in [3.8, 4) is 5.75 Å². The van der Waals surface area contributed by atoms with Crippen LogP contribution >= 0.6 is 27.5 Å². The van der Waals surface area contributed by atoms with Crippen molar-refractivity contribution < 1.29 is 23.0 Å². The van der Waals surface area contributed by atoms with Crippen molar-refractivity contribution in [2.24, 2.45) is 0 Å². The Kier molecular flexibility index (Phi) is 5.81. The maximum atomic E-state index is 12.2. The predicted molar refractivity (Wildman–Crippen MR) is 66.7 cm³/mol. The van der Waals surface area contributed by atoms with Crippen LogP contribution in [0, 0.1) is 0 Å². The molecule has 0 atom stereocenters. The zero-order valence-electron chi connectivity index (χ0n) is 9.38. The summed E-state index contributed by atoms with van der Waals surface area (Å²) in [5, 5.41) is 0.614. The van der Waals surface area contributed by atoms with E-state index in [1.54, 1.807) is 6.92 Å². The van der Waals surface area contributed by atoms with Crippen molar-refractivity contribution in [2.75, 3.05) is 6.61 Å². The number of alkyl halides is 3. The average Bonchev–Trinajstić information content (AvgIpc) is 2.28. The van der Waals surface area contributed by atoms with Crippen LogP contribution in [-0.4, -0.2) is 19.2 Å². The van der Waals surface area contributed by atoms with Crippen molar-refractivity contribution in [1.29, 1.82) is 0 Å². The van der Waals surface area contributed by atoms with Crippen LogP contribution in [-0.2, 0) is 10.1 Å². The van der Waals surface area contributed by atoms with Crippen LogP contribution in [0.4, 0.5) is 8.78 Å². The van der Waals surface area contributed by atoms with Crippen LogP contribution in [0.25, 0.3) is 0 Å². The molecular formula is C11H10BrClF2O3. The highest BCUT2D eigenvalue weighted by Crippen LogP contribution is 2.30. The lowest BCUT2D eigenvalue weighted by molar-refractivity contribution is -0.0504. The van der Waals surface area contributed by atoms with Crippen molar-refractivity contribution in [2.45, 2.75) is 18.9 Å². The average molecular weight is 344 g/mol. The Balaban J connectivity index is 3.20. The van der Waals surface area contributed by atoms with Gasteiger partial charge >= 0.3 is 12.6 Å². The summed E-state index contributed by atoms with van der Waals surface area (Å²) in [7, 11) is 0. The molecule has 0 unspecified atom stereocenters. The minimum atomic E-state index is -3.04. The van der Waals surface area contributed by atoms with E-state index in [4.69, 9.17) is 16.3 Å². The molecule has 0 fully saturated rings. The molecule has 0 saturated heterocycles. The molecule has 18 heavy (non-hydrogen) atoms. The molecule has 3 nitrogen and oxygen atoms in total. The smallest absolute Gasteiger partial charge is 0.387 e. The van der Waals surface area contributed by atoms with Gasteiger partial charge in [0.2, 0.25) is 0 Å². The third kappa shape index (κ3) is 3.81. The highest BCUT2D eigenvalue weighted by atomic mass is 79.9. The molecule has 7 heteroatoms. The number of hydrogen-bond donors (Lipinski definition) is 0. The van der Waals surface area contributed by atoms with E-state index in [0.717, 1.165) is 0 Å². The molecule has 1 aromatic rings. The number of esters is 1. The van der Waals surface area contributed by atoms with Gasteiger partial charge in [-0.1, -0.05) is 27.5 Å². The van der Waals surface area contributed by atoms with Gasteiger partial charge in [0.15, 0.2) is 0 Å². The van der Waals surface area contributed by atoms with Crippen LogP contribution in [0.2, 0.25) is 5.02 Å². The van der Waals surface area contributed by atoms with Crippen molar-refractivity contribution in [1.82, 2.24) is 0 Å². The molecule has 0 heterocycles. The lowest BCUT2D eigenvalue weighted by Gasteiger charge is -2.12. The normalized spacial score (nSPS) is 10.6. The molecule has 0 aliphatic carbocycles. The summed E-state index contributed by atoms with van der Waals surface area (Å²) in [5.41, 5.74) is 0.511. The molecule has 1 aromatic carbocycles. The molecular weight excluding hydrogens is 333 g/mol. The number of halogens is 4. The van der Waals surface area contributed by atoms with Gasteiger partial charge in [-0.3, -0.25) is 0 Å². The molecule has 1 rings (SSSR count). The number of ether oxygens (including phenoxy) is 2. The fourth-order valence-electron chi connectivity index (χ4n) is 1.26. The topological polar surface area (TPSA) is 35.5 Å². The number of hydrogen-bond acceptors (Lipinski definition) is 3. The van der Waals surface area contributed by atoms with E-state index in [9.17, 15) is 13.6 Å². The molecule has 0 aliphatic heterocycles. The third-order valence-corrected chi connectivity index (χ3v) is 2.96. The molecule has 0 bridgehead atoms. The maximum absolute atomic E-state index is 12.2. The van der Waals surface area contributed by atoms with Gasteiger partial charge in [-0.05, 0) is 18.6 Å². The van der Waals surface area contributed by atoms with E-state index in [1.807, 2.05) is 0 Å². The van der Waals surface area contributed by atoms with E-state index in [2.05, 4.69) is 20.7 Å². The van der Waals surface area contributed by atoms with E-state index in [1.165, 1.54) is 12.1 Å². The van der Waals surface area contributed by atoms with E-state index in [0.29, 0.717) is 10.9 Å². The summed E-state index contributed by atoms with van der Waals surface area (Å²) in [5.74, 6) is -1.02. The van der Waals surface area contributed by atoms with Crippen molar-refractivity contribution >= 4 is 33.5 Å². The Hall–Kier alpha value is -0.880. The van der Waals surface area contributed by atoms with Gasteiger partial charge in [-0.15, -0.1) is 0 Å². The van der Waals surface area contributed by atoms with Gasteiger partial charge in [-0.25, -0.2) is 4.79 Å². The third-order valence-electron chi connectivity index (χ3n) is 2.00. The molecule has 0 spiro atoms. The number of carbonyl (C=O) groups is 1. The lowest BCUT2D eigenvalue weighted by atomic mass is 10.1. The van der Waals surface area contributed by atoms with Crippen LogP contribution in [0.3, 0.4) is 0 Å². The fourth-order valence-corrected chi connectivity index (χ4v) is 2.11. The second-order valence-corrected chi connectivity index (χ2v) is 4.14. The molecule has 0 N–H and O–H groups in total. The number of rotatable bonds is 5. The van der Waals surface area contributed by atoms with E-state index >= 15 is 0 Å². The zero-order chi connectivity index (χ0) is 13.7. The van der Waals surface area contributed by atoms with Crippen LogP contribution in [0.1, 0.15) is 22.8 Å². The maximum Gasteiger partial charge on any atom is 0.387 e. The highest BCUT2D eigenvalue weighted by molar-refractivity contribution is 9.08. The van der Waals surface area contributed by atoms with Crippen molar-refractivity contribution in [3.05, 3.63) is 28.3 Å². The first-order chi connectivity index (χ1) is 8.49. The molecule has 0 aliphatic rings. The minimum absolute atomic E-state index is 0.0731. The standard InChI is InChI=1S/C11H10BrClF2O3/c1-2-17-10(16)7-3-6(5-12)8(13)4-9(7)18-11(14)15/h3-4,11H,2,5H2,1H3. The number of carbonyl (C=O) groups excluding carboxylic acids is 1. The van der Waals surface area contributed by atoms with E-state index in [-0.39, 0.29) is 22.9 Å². The molecule has 0 radical (unpaired) electrons. The first-order valence-electron chi connectivity index (χ1n) is 4.99. The lowest BCUT2D eigenvalue weighted by Crippen LogP contribution is -2.11. The van der Waals surface area contributed by atoms with Crippen LogP contribution in [0.5, 0.6) is 5.75 Å². The van der Waals surface area contributed by atoms with E-state index < -0.39 is 12.6 Å². The first kappa shape index (κ1) is 15.2. The Morgan fingerprint density at radius 1 is 1.50 bits per heavy atom. The summed E-state index contributed by atoms with van der Waals surface area (Å²) >= 11 is 9.04. The van der Waals surface area contributed by atoms with Crippen LogP contribution < -0.4 is 4.74 Å². The van der Waals surface area contributed by atoms with Crippen LogP contribution in [0.15, 0.2) is 12.1 Å². The summed E-state index contributed by atoms with van der Waals surface area (Å²) in [6, 6.07) is 2.54. The summed E-state index contributed by atoms with van der Waals surface area (Å²) in [6.45, 7) is -1.28.